The number of anilines is 1. The third-order valence-corrected chi connectivity index (χ3v) is 5.04. The number of hydrogen-bond donors (Lipinski definition) is 1. The summed E-state index contributed by atoms with van der Waals surface area (Å²) in [5, 5.41) is 4.17. The number of nitrogens with zero attached hydrogens (tertiary/aromatic N) is 5. The minimum Gasteiger partial charge on any atom is -0.481 e. The van der Waals surface area contributed by atoms with Gasteiger partial charge >= 0.3 is 0 Å². The molecule has 0 aromatic carbocycles. The fraction of sp³-hybridized carbons (Fsp3) is 0.368. The first-order valence-electron chi connectivity index (χ1n) is 9.41. The van der Waals surface area contributed by atoms with E-state index < -0.39 is 11.7 Å². The predicted octanol–water partition coefficient (Wildman–Crippen LogP) is 2.51. The average Bonchev–Trinajstić information content (AvgIpc) is 3.40. The fourth-order valence-corrected chi connectivity index (χ4v) is 3.68. The number of nitrogens with one attached hydrogen (secondary N) is 1. The molecule has 4 heterocycles. The Morgan fingerprint density at radius 3 is 3.10 bits per heavy atom. The standard InChI is InChI=1S/C19H20ClFN6O3/c1-29-19-13(9-12(21)10-22-19)15-3-2-6-26(15)16-4-7-27-17(24-16)14(11-23-27)18(28)25-30-8-5-20/h4,7,9-11,15H,2-3,5-6,8H2,1H3,(H,25,28). The number of amides is 1. The number of halogens is 2. The van der Waals surface area contributed by atoms with Crippen LogP contribution in [0.5, 0.6) is 5.88 Å². The van der Waals surface area contributed by atoms with Gasteiger partial charge in [0, 0.05) is 24.2 Å². The van der Waals surface area contributed by atoms with Gasteiger partial charge in [-0.3, -0.25) is 9.63 Å². The van der Waals surface area contributed by atoms with Crippen LogP contribution in [0.4, 0.5) is 10.2 Å². The third kappa shape index (κ3) is 3.88. The summed E-state index contributed by atoms with van der Waals surface area (Å²) in [5.74, 6) is 0.399. The number of fused-ring (bicyclic) bond motifs is 1. The summed E-state index contributed by atoms with van der Waals surface area (Å²) in [4.78, 5) is 28.1. The fourth-order valence-electron chi connectivity index (χ4n) is 3.61. The zero-order chi connectivity index (χ0) is 21.1. The topological polar surface area (TPSA) is 93.9 Å². The number of alkyl halides is 1. The first kappa shape index (κ1) is 20.3. The van der Waals surface area contributed by atoms with Gasteiger partial charge in [-0.25, -0.2) is 24.4 Å². The monoisotopic (exact) mass is 434 g/mol. The molecule has 3 aromatic rings. The van der Waals surface area contributed by atoms with Gasteiger partial charge in [-0.1, -0.05) is 0 Å². The van der Waals surface area contributed by atoms with Gasteiger partial charge in [0.25, 0.3) is 5.91 Å². The summed E-state index contributed by atoms with van der Waals surface area (Å²) >= 11 is 5.55. The van der Waals surface area contributed by atoms with Crippen molar-refractivity contribution in [3.63, 3.8) is 0 Å². The molecule has 1 amide bonds. The first-order valence-corrected chi connectivity index (χ1v) is 9.94. The Morgan fingerprint density at radius 1 is 1.43 bits per heavy atom. The van der Waals surface area contributed by atoms with Gasteiger partial charge < -0.3 is 9.64 Å². The maximum absolute atomic E-state index is 13.9. The summed E-state index contributed by atoms with van der Waals surface area (Å²) in [7, 11) is 1.51. The second kappa shape index (κ2) is 8.80. The molecule has 1 atom stereocenters. The number of aromatic nitrogens is 4. The van der Waals surface area contributed by atoms with E-state index in [1.165, 1.54) is 23.9 Å². The zero-order valence-corrected chi connectivity index (χ0v) is 17.0. The number of carbonyl (C=O) groups is 1. The van der Waals surface area contributed by atoms with Gasteiger partial charge in [-0.2, -0.15) is 5.10 Å². The molecule has 3 aromatic heterocycles. The lowest BCUT2D eigenvalue weighted by Gasteiger charge is -2.26. The Bertz CT molecular complexity index is 1060. The summed E-state index contributed by atoms with van der Waals surface area (Å²) < 4.78 is 20.7. The number of hydrogen-bond acceptors (Lipinski definition) is 7. The Morgan fingerprint density at radius 2 is 2.30 bits per heavy atom. The number of pyridine rings is 1. The van der Waals surface area contributed by atoms with Crippen LogP contribution >= 0.6 is 11.6 Å². The number of methoxy groups -OCH3 is 1. The zero-order valence-electron chi connectivity index (χ0n) is 16.2. The van der Waals surface area contributed by atoms with Crippen molar-refractivity contribution in [1.82, 2.24) is 25.1 Å². The van der Waals surface area contributed by atoms with Crippen LogP contribution in [0.3, 0.4) is 0 Å². The first-order chi connectivity index (χ1) is 14.6. The second-order valence-corrected chi connectivity index (χ2v) is 7.06. The van der Waals surface area contributed by atoms with Gasteiger partial charge in [0.05, 0.1) is 32.2 Å². The minimum atomic E-state index is -0.464. The van der Waals surface area contributed by atoms with Crippen molar-refractivity contribution in [3.8, 4) is 5.88 Å². The molecule has 0 spiro atoms. The lowest BCUT2D eigenvalue weighted by atomic mass is 10.1. The van der Waals surface area contributed by atoms with Crippen LogP contribution in [0.2, 0.25) is 0 Å². The summed E-state index contributed by atoms with van der Waals surface area (Å²) in [5.41, 5.74) is 3.65. The van der Waals surface area contributed by atoms with Crippen molar-refractivity contribution < 1.29 is 18.8 Å². The Labute approximate surface area is 176 Å². The quantitative estimate of drug-likeness (QED) is 0.347. The van der Waals surface area contributed by atoms with Crippen LogP contribution in [0.25, 0.3) is 5.65 Å². The van der Waals surface area contributed by atoms with Crippen molar-refractivity contribution in [3.05, 3.63) is 47.7 Å². The number of ether oxygens (including phenoxy) is 1. The molecule has 0 radical (unpaired) electrons. The van der Waals surface area contributed by atoms with Gasteiger partial charge in [0.15, 0.2) is 5.65 Å². The largest absolute Gasteiger partial charge is 0.481 e. The molecule has 30 heavy (non-hydrogen) atoms. The summed E-state index contributed by atoms with van der Waals surface area (Å²) in [6.07, 6.45) is 5.98. The maximum Gasteiger partial charge on any atom is 0.280 e. The van der Waals surface area contributed by atoms with Crippen LogP contribution in [0, 0.1) is 5.82 Å². The SMILES string of the molecule is COc1ncc(F)cc1C1CCCN1c1ccn2ncc(C(=O)NOCCCl)c2n1. The summed E-state index contributed by atoms with van der Waals surface area (Å²) in [6.45, 7) is 0.909. The number of rotatable bonds is 7. The minimum absolute atomic E-state index is 0.148. The van der Waals surface area contributed by atoms with E-state index in [0.717, 1.165) is 25.6 Å². The molecule has 1 fully saturated rings. The van der Waals surface area contributed by atoms with Crippen molar-refractivity contribution in [2.24, 2.45) is 0 Å². The highest BCUT2D eigenvalue weighted by Crippen LogP contribution is 2.38. The van der Waals surface area contributed by atoms with Crippen molar-refractivity contribution >= 4 is 29.0 Å². The highest BCUT2D eigenvalue weighted by atomic mass is 35.5. The van der Waals surface area contributed by atoms with E-state index in [1.807, 2.05) is 6.07 Å². The molecule has 0 bridgehead atoms. The number of hydroxylamine groups is 1. The smallest absolute Gasteiger partial charge is 0.280 e. The van der Waals surface area contributed by atoms with Crippen molar-refractivity contribution in [1.29, 1.82) is 0 Å². The molecule has 0 aliphatic carbocycles. The highest BCUT2D eigenvalue weighted by Gasteiger charge is 2.31. The molecule has 9 nitrogen and oxygen atoms in total. The van der Waals surface area contributed by atoms with E-state index in [2.05, 4.69) is 25.4 Å². The second-order valence-electron chi connectivity index (χ2n) is 6.68. The van der Waals surface area contributed by atoms with Crippen LogP contribution in [0.15, 0.2) is 30.7 Å². The molecule has 158 valence electrons. The van der Waals surface area contributed by atoms with Gasteiger partial charge in [-0.15, -0.1) is 11.6 Å². The molecule has 0 saturated carbocycles. The van der Waals surface area contributed by atoms with E-state index in [1.54, 1.807) is 6.20 Å². The molecule has 1 saturated heterocycles. The van der Waals surface area contributed by atoms with Gasteiger partial charge in [0.2, 0.25) is 5.88 Å². The van der Waals surface area contributed by atoms with E-state index in [9.17, 15) is 9.18 Å². The molecule has 1 aliphatic rings. The molecule has 4 rings (SSSR count). The maximum atomic E-state index is 13.9. The third-order valence-electron chi connectivity index (χ3n) is 4.89. The molecular formula is C19H20ClFN6O3. The van der Waals surface area contributed by atoms with E-state index in [0.29, 0.717) is 22.9 Å². The predicted molar refractivity (Wildman–Crippen MR) is 107 cm³/mol. The lowest BCUT2D eigenvalue weighted by Crippen LogP contribution is -2.26. The van der Waals surface area contributed by atoms with Crippen LogP contribution in [-0.4, -0.2) is 51.6 Å². The van der Waals surface area contributed by atoms with Crippen molar-refractivity contribution in [2.75, 3.05) is 31.0 Å². The molecule has 11 heteroatoms. The summed E-state index contributed by atoms with van der Waals surface area (Å²) in [6, 6.07) is 3.10. The molecule has 1 unspecified atom stereocenters. The van der Waals surface area contributed by atoms with Gasteiger partial charge in [-0.05, 0) is 25.0 Å². The van der Waals surface area contributed by atoms with E-state index in [4.69, 9.17) is 21.2 Å². The average molecular weight is 435 g/mol. The Kier molecular flexibility index (Phi) is 5.96. The molecular weight excluding hydrogens is 415 g/mol. The normalized spacial score (nSPS) is 16.2. The Hall–Kier alpha value is -2.98. The highest BCUT2D eigenvalue weighted by molar-refractivity contribution is 6.18. The molecule has 1 aliphatic heterocycles. The van der Waals surface area contributed by atoms with Crippen molar-refractivity contribution in [2.45, 2.75) is 18.9 Å². The number of carbonyl (C=O) groups excluding carboxylic acids is 1. The van der Waals surface area contributed by atoms with Crippen LogP contribution < -0.4 is 15.1 Å². The lowest BCUT2D eigenvalue weighted by molar-refractivity contribution is 0.0373. The van der Waals surface area contributed by atoms with E-state index in [-0.39, 0.29) is 24.1 Å². The molecule has 1 N–H and O–H groups in total. The van der Waals surface area contributed by atoms with Crippen LogP contribution in [0.1, 0.15) is 34.8 Å². The Balaban J connectivity index is 1.66. The van der Waals surface area contributed by atoms with Gasteiger partial charge in [0.1, 0.15) is 17.2 Å². The van der Waals surface area contributed by atoms with Crippen LogP contribution in [-0.2, 0) is 4.84 Å². The van der Waals surface area contributed by atoms with E-state index >= 15 is 0 Å².